The van der Waals surface area contributed by atoms with E-state index in [1.54, 1.807) is 0 Å². The van der Waals surface area contributed by atoms with Crippen LogP contribution in [0, 0.1) is 22.7 Å². The minimum Gasteiger partial charge on any atom is -0.459 e. The van der Waals surface area contributed by atoms with Gasteiger partial charge in [-0.3, -0.25) is 19.2 Å². The summed E-state index contributed by atoms with van der Waals surface area (Å²) in [6.07, 6.45) is 4.00. The van der Waals surface area contributed by atoms with Crippen molar-refractivity contribution in [2.75, 3.05) is 6.54 Å². The number of ketones is 1. The first kappa shape index (κ1) is 35.9. The third-order valence-electron chi connectivity index (χ3n) is 10.3. The summed E-state index contributed by atoms with van der Waals surface area (Å²) in [5, 5.41) is 8.43. The van der Waals surface area contributed by atoms with Crippen molar-refractivity contribution < 1.29 is 33.5 Å². The average Bonchev–Trinajstić information content (AvgIpc) is 3.33. The summed E-state index contributed by atoms with van der Waals surface area (Å²) in [4.78, 5) is 80.8. The molecule has 4 rings (SSSR count). The van der Waals surface area contributed by atoms with E-state index in [1.807, 2.05) is 71.9 Å². The molecule has 1 unspecified atom stereocenters. The summed E-state index contributed by atoms with van der Waals surface area (Å²) in [7, 11) is 0. The summed E-state index contributed by atoms with van der Waals surface area (Å²) in [5.41, 5.74) is 3.87. The van der Waals surface area contributed by atoms with E-state index in [2.05, 4.69) is 16.0 Å². The molecule has 5 N–H and O–H groups in total. The molecule has 0 radical (unpaired) electrons. The number of ether oxygens (including phenoxy) is 1. The van der Waals surface area contributed by atoms with Crippen LogP contribution in [0.3, 0.4) is 0 Å². The SMILES string of the molecule is CCCC(NC(=O)[C@@H]1[C@@H]2[C@H](CN1C(=O)[C@@H](NC(=O)NC1(C(=O)OCc3ccccc3)CCCCC1)C(C)(C)C)C2(C)C)C(=O)C(N)=O. The predicted octanol–water partition coefficient (Wildman–Crippen LogP) is 2.97. The second kappa shape index (κ2) is 14.0. The van der Waals surface area contributed by atoms with E-state index >= 15 is 0 Å². The van der Waals surface area contributed by atoms with Gasteiger partial charge in [-0.2, -0.15) is 0 Å². The van der Waals surface area contributed by atoms with Crippen molar-refractivity contribution >= 4 is 35.5 Å². The van der Waals surface area contributed by atoms with Crippen LogP contribution in [0.5, 0.6) is 0 Å². The number of likely N-dealkylation sites (tertiary alicyclic amines) is 1. The molecule has 3 aliphatic rings. The zero-order chi connectivity index (χ0) is 34.7. The maximum Gasteiger partial charge on any atom is 0.332 e. The van der Waals surface area contributed by atoms with Crippen molar-refractivity contribution in [3.63, 3.8) is 0 Å². The topological polar surface area (TPSA) is 177 Å². The zero-order valence-electron chi connectivity index (χ0n) is 28.5. The molecule has 3 fully saturated rings. The standard InChI is InChI=1S/C35H51N5O7/c1-7-14-23(26(41)28(36)42)37-29(43)25-24-22(34(24,5)6)19-40(25)30(44)27(33(2,3)4)38-32(46)39-35(17-12-9-13-18-35)31(45)47-20-21-15-10-8-11-16-21/h8,10-11,15-16,22-25,27H,7,9,12-14,17-20H2,1-6H3,(H2,36,42)(H,37,43)(H2,38,39,46)/t22-,23?,24-,25-,27+/m0/s1. The molecule has 0 aromatic heterocycles. The molecule has 12 nitrogen and oxygen atoms in total. The molecule has 258 valence electrons. The third-order valence-corrected chi connectivity index (χ3v) is 10.3. The van der Waals surface area contributed by atoms with E-state index in [9.17, 15) is 28.8 Å². The fraction of sp³-hybridized carbons (Fsp3) is 0.657. The molecule has 5 amide bonds. The van der Waals surface area contributed by atoms with E-state index in [1.165, 1.54) is 4.90 Å². The van der Waals surface area contributed by atoms with Gasteiger partial charge in [0.25, 0.3) is 5.91 Å². The van der Waals surface area contributed by atoms with Gasteiger partial charge in [-0.1, -0.05) is 97.6 Å². The normalized spacial score (nSPS) is 23.8. The Morgan fingerprint density at radius 2 is 1.64 bits per heavy atom. The number of carbonyl (C=O) groups excluding carboxylic acids is 6. The molecule has 47 heavy (non-hydrogen) atoms. The molecular formula is C35H51N5O7. The fourth-order valence-electron chi connectivity index (χ4n) is 7.40. The van der Waals surface area contributed by atoms with E-state index < -0.39 is 64.6 Å². The lowest BCUT2D eigenvalue weighted by molar-refractivity contribution is -0.154. The first-order chi connectivity index (χ1) is 22.0. The average molecular weight is 654 g/mol. The van der Waals surface area contributed by atoms with Gasteiger partial charge in [0.1, 0.15) is 24.2 Å². The van der Waals surface area contributed by atoms with E-state index in [0.29, 0.717) is 25.8 Å². The number of urea groups is 1. The smallest absolute Gasteiger partial charge is 0.332 e. The molecular weight excluding hydrogens is 602 g/mol. The zero-order valence-corrected chi connectivity index (χ0v) is 28.5. The van der Waals surface area contributed by atoms with Crippen LogP contribution < -0.4 is 21.7 Å². The number of primary amides is 1. The number of hydrogen-bond acceptors (Lipinski definition) is 7. The molecule has 1 aliphatic heterocycles. The largest absolute Gasteiger partial charge is 0.459 e. The second-order valence-corrected chi connectivity index (χ2v) is 15.1. The fourth-order valence-corrected chi connectivity index (χ4v) is 7.40. The van der Waals surface area contributed by atoms with Gasteiger partial charge in [0.15, 0.2) is 0 Å². The third kappa shape index (κ3) is 7.79. The van der Waals surface area contributed by atoms with Crippen LogP contribution in [0.4, 0.5) is 4.79 Å². The highest BCUT2D eigenvalue weighted by Crippen LogP contribution is 2.65. The number of carbonyl (C=O) groups is 6. The van der Waals surface area contributed by atoms with Gasteiger partial charge in [-0.05, 0) is 47.5 Å². The van der Waals surface area contributed by atoms with E-state index in [0.717, 1.165) is 24.8 Å². The summed E-state index contributed by atoms with van der Waals surface area (Å²) in [6, 6.07) is 5.62. The number of nitrogens with two attached hydrogens (primary N) is 1. The Labute approximate surface area is 277 Å². The number of esters is 1. The molecule has 1 saturated heterocycles. The van der Waals surface area contributed by atoms with Crippen molar-refractivity contribution in [1.29, 1.82) is 0 Å². The first-order valence-electron chi connectivity index (χ1n) is 16.8. The maximum atomic E-state index is 14.3. The molecule has 1 aromatic rings. The van der Waals surface area contributed by atoms with E-state index in [-0.39, 0.29) is 30.3 Å². The highest BCUT2D eigenvalue weighted by Gasteiger charge is 2.70. The van der Waals surface area contributed by atoms with Crippen molar-refractivity contribution in [3.8, 4) is 0 Å². The molecule has 0 bridgehead atoms. The Morgan fingerprint density at radius 3 is 2.21 bits per heavy atom. The summed E-state index contributed by atoms with van der Waals surface area (Å²) >= 11 is 0. The number of hydrogen-bond donors (Lipinski definition) is 4. The summed E-state index contributed by atoms with van der Waals surface area (Å²) < 4.78 is 5.68. The van der Waals surface area contributed by atoms with Gasteiger partial charge in [-0.15, -0.1) is 0 Å². The van der Waals surface area contributed by atoms with Crippen molar-refractivity contribution in [2.45, 2.75) is 117 Å². The summed E-state index contributed by atoms with van der Waals surface area (Å²) in [6.45, 7) is 11.7. The number of amides is 5. The molecule has 1 aromatic carbocycles. The number of nitrogens with one attached hydrogen (secondary N) is 3. The highest BCUT2D eigenvalue weighted by atomic mass is 16.5. The number of rotatable bonds is 12. The predicted molar refractivity (Wildman–Crippen MR) is 174 cm³/mol. The number of piperidine rings is 1. The van der Waals surface area contributed by atoms with Gasteiger partial charge >= 0.3 is 12.0 Å². The van der Waals surface area contributed by atoms with Crippen molar-refractivity contribution in [3.05, 3.63) is 35.9 Å². The van der Waals surface area contributed by atoms with Crippen LogP contribution in [0.15, 0.2) is 30.3 Å². The summed E-state index contributed by atoms with van der Waals surface area (Å²) in [5.74, 6) is -3.59. The minimum absolute atomic E-state index is 0.0537. The number of benzene rings is 1. The lowest BCUT2D eigenvalue weighted by atomic mass is 9.81. The van der Waals surface area contributed by atoms with Crippen molar-refractivity contribution in [1.82, 2.24) is 20.9 Å². The quantitative estimate of drug-likeness (QED) is 0.198. The Hall–Kier alpha value is -3.96. The van der Waals surface area contributed by atoms with Crippen LogP contribution in [-0.4, -0.2) is 70.6 Å². The highest BCUT2D eigenvalue weighted by molar-refractivity contribution is 6.37. The Bertz CT molecular complexity index is 1370. The van der Waals surface area contributed by atoms with Crippen LogP contribution in [-0.2, 0) is 35.3 Å². The lowest BCUT2D eigenvalue weighted by Crippen LogP contribution is -2.64. The molecule has 2 saturated carbocycles. The van der Waals surface area contributed by atoms with Crippen LogP contribution in [0.2, 0.25) is 0 Å². The number of nitrogens with zero attached hydrogens (tertiary/aromatic N) is 1. The van der Waals surface area contributed by atoms with Gasteiger partial charge in [-0.25, -0.2) is 9.59 Å². The maximum absolute atomic E-state index is 14.3. The van der Waals surface area contributed by atoms with Gasteiger partial charge in [0.2, 0.25) is 17.6 Å². The molecule has 0 spiro atoms. The Balaban J connectivity index is 1.52. The van der Waals surface area contributed by atoms with E-state index in [4.69, 9.17) is 10.5 Å². The molecule has 5 atom stereocenters. The minimum atomic E-state index is -1.23. The first-order valence-corrected chi connectivity index (χ1v) is 16.8. The van der Waals surface area contributed by atoms with Crippen molar-refractivity contribution in [2.24, 2.45) is 28.4 Å². The van der Waals surface area contributed by atoms with Crippen LogP contribution in [0.25, 0.3) is 0 Å². The lowest BCUT2D eigenvalue weighted by Gasteiger charge is -2.39. The van der Waals surface area contributed by atoms with Crippen LogP contribution >= 0.6 is 0 Å². The van der Waals surface area contributed by atoms with Gasteiger partial charge in [0, 0.05) is 6.54 Å². The molecule has 2 aliphatic carbocycles. The van der Waals surface area contributed by atoms with Crippen LogP contribution in [0.1, 0.15) is 92.1 Å². The Kier molecular flexibility index (Phi) is 10.7. The molecule has 1 heterocycles. The van der Waals surface area contributed by atoms with Gasteiger partial charge < -0.3 is 31.3 Å². The van der Waals surface area contributed by atoms with Gasteiger partial charge in [0.05, 0.1) is 6.04 Å². The Morgan fingerprint density at radius 1 is 1.00 bits per heavy atom. The number of Topliss-reactive ketones (excluding diaryl/α,β-unsaturated/α-hetero) is 1. The number of fused-ring (bicyclic) bond motifs is 1. The monoisotopic (exact) mass is 653 g/mol. The molecule has 12 heteroatoms. The second-order valence-electron chi connectivity index (χ2n) is 15.1.